The van der Waals surface area contributed by atoms with Crippen molar-refractivity contribution in [2.24, 2.45) is 0 Å². The number of aromatic amines is 1. The largest absolute Gasteiger partial charge is 0.493 e. The number of methoxy groups -OCH3 is 1. The van der Waals surface area contributed by atoms with Crippen molar-refractivity contribution in [1.29, 1.82) is 0 Å². The molecule has 0 aliphatic rings. The van der Waals surface area contributed by atoms with Crippen molar-refractivity contribution in [2.75, 3.05) is 13.7 Å². The van der Waals surface area contributed by atoms with Gasteiger partial charge in [-0.2, -0.15) is 0 Å². The van der Waals surface area contributed by atoms with E-state index in [1.807, 2.05) is 6.92 Å². The first kappa shape index (κ1) is 17.5. The zero-order chi connectivity index (χ0) is 18.5. The number of esters is 1. The lowest BCUT2D eigenvalue weighted by atomic mass is 10.2. The van der Waals surface area contributed by atoms with E-state index in [0.29, 0.717) is 34.6 Å². The number of hydrogen-bond acceptors (Lipinski definition) is 6. The summed E-state index contributed by atoms with van der Waals surface area (Å²) in [5, 5.41) is 0.485. The minimum absolute atomic E-state index is 0.144. The number of carbonyl (C=O) groups is 1. The molecule has 1 N–H and O–H groups in total. The maximum absolute atomic E-state index is 12.3. The molecule has 0 radical (unpaired) electrons. The summed E-state index contributed by atoms with van der Waals surface area (Å²) < 4.78 is 15.9. The molecule has 134 valence electrons. The number of nitrogens with zero attached hydrogens (tertiary/aromatic N) is 1. The normalized spacial score (nSPS) is 10.5. The predicted molar refractivity (Wildman–Crippen MR) is 95.6 cm³/mol. The molecule has 0 bridgehead atoms. The molecule has 0 amide bonds. The van der Waals surface area contributed by atoms with Gasteiger partial charge < -0.3 is 19.2 Å². The average Bonchev–Trinajstić information content (AvgIpc) is 2.66. The summed E-state index contributed by atoms with van der Waals surface area (Å²) in [4.78, 5) is 31.2. The number of fused-ring (bicyclic) bond motifs is 1. The minimum atomic E-state index is -0.554. The molecule has 0 spiro atoms. The minimum Gasteiger partial charge on any atom is -0.493 e. The molecule has 1 heterocycles. The van der Waals surface area contributed by atoms with Crippen LogP contribution in [0.5, 0.6) is 11.5 Å². The van der Waals surface area contributed by atoms with Crippen LogP contribution in [-0.4, -0.2) is 29.7 Å². The van der Waals surface area contributed by atoms with Crippen LogP contribution >= 0.6 is 0 Å². The first-order valence-corrected chi connectivity index (χ1v) is 8.08. The first-order chi connectivity index (χ1) is 12.6. The molecule has 0 unspecified atom stereocenters. The third-order valence-corrected chi connectivity index (χ3v) is 3.70. The van der Waals surface area contributed by atoms with Gasteiger partial charge in [-0.05, 0) is 37.3 Å². The highest BCUT2D eigenvalue weighted by molar-refractivity contribution is 5.90. The van der Waals surface area contributed by atoms with Gasteiger partial charge in [-0.3, -0.25) is 4.79 Å². The molecule has 0 saturated heterocycles. The molecule has 7 heteroatoms. The van der Waals surface area contributed by atoms with Gasteiger partial charge in [-0.1, -0.05) is 12.1 Å². The zero-order valence-electron chi connectivity index (χ0n) is 14.4. The summed E-state index contributed by atoms with van der Waals surface area (Å²) >= 11 is 0. The van der Waals surface area contributed by atoms with Crippen molar-refractivity contribution in [3.05, 3.63) is 64.2 Å². The Balaban J connectivity index is 1.76. The fourth-order valence-corrected chi connectivity index (χ4v) is 2.49. The Kier molecular flexibility index (Phi) is 5.17. The van der Waals surface area contributed by atoms with E-state index >= 15 is 0 Å². The summed E-state index contributed by atoms with van der Waals surface area (Å²) in [5.41, 5.74) is 0.586. The van der Waals surface area contributed by atoms with Crippen LogP contribution in [0, 0.1) is 0 Å². The number of benzene rings is 2. The second-order valence-corrected chi connectivity index (χ2v) is 5.40. The van der Waals surface area contributed by atoms with Crippen molar-refractivity contribution < 1.29 is 19.0 Å². The van der Waals surface area contributed by atoms with Crippen molar-refractivity contribution in [2.45, 2.75) is 13.5 Å². The van der Waals surface area contributed by atoms with Crippen LogP contribution in [0.2, 0.25) is 0 Å². The number of H-pyrrole nitrogens is 1. The van der Waals surface area contributed by atoms with Crippen molar-refractivity contribution in [3.8, 4) is 11.5 Å². The summed E-state index contributed by atoms with van der Waals surface area (Å²) in [6, 6.07) is 11.7. The molecule has 1 aromatic heterocycles. The summed E-state index contributed by atoms with van der Waals surface area (Å²) in [6.45, 7) is 2.20. The average molecular weight is 354 g/mol. The second kappa shape index (κ2) is 7.69. The van der Waals surface area contributed by atoms with Gasteiger partial charge in [0.2, 0.25) is 0 Å². The Morgan fingerprint density at radius 3 is 2.73 bits per heavy atom. The Morgan fingerprint density at radius 2 is 1.96 bits per heavy atom. The molecule has 26 heavy (non-hydrogen) atoms. The Hall–Kier alpha value is -3.35. The number of nitrogens with one attached hydrogen (secondary N) is 1. The molecule has 7 nitrogen and oxygen atoms in total. The van der Waals surface area contributed by atoms with Crippen LogP contribution < -0.4 is 15.0 Å². The molecular formula is C19H18N2O5. The number of ether oxygens (including phenoxy) is 3. The summed E-state index contributed by atoms with van der Waals surface area (Å²) in [6.07, 6.45) is 0. The van der Waals surface area contributed by atoms with Gasteiger partial charge in [0, 0.05) is 0 Å². The lowest BCUT2D eigenvalue weighted by Crippen LogP contribution is -2.14. The number of hydrogen-bond donors (Lipinski definition) is 1. The molecular weight excluding hydrogens is 336 g/mol. The monoisotopic (exact) mass is 354 g/mol. The Morgan fingerprint density at radius 1 is 1.15 bits per heavy atom. The molecule has 0 aliphatic heterocycles. The number of rotatable bonds is 6. The third kappa shape index (κ3) is 3.66. The van der Waals surface area contributed by atoms with Crippen molar-refractivity contribution in [1.82, 2.24) is 9.97 Å². The van der Waals surface area contributed by atoms with Crippen LogP contribution in [0.3, 0.4) is 0 Å². The highest BCUT2D eigenvalue weighted by Gasteiger charge is 2.13. The van der Waals surface area contributed by atoms with Gasteiger partial charge in [0.15, 0.2) is 11.5 Å². The van der Waals surface area contributed by atoms with E-state index in [0.717, 1.165) is 0 Å². The van der Waals surface area contributed by atoms with E-state index in [-0.39, 0.29) is 18.0 Å². The summed E-state index contributed by atoms with van der Waals surface area (Å²) in [5.74, 6) is 0.715. The number of para-hydroxylation sites is 1. The SMILES string of the molecule is CCOc1ccc(C(=O)OCc2nc3ccccc3c(=O)[nH]2)cc1OC. The third-order valence-electron chi connectivity index (χ3n) is 3.70. The maximum Gasteiger partial charge on any atom is 0.338 e. The van der Waals surface area contributed by atoms with Crippen LogP contribution in [0.25, 0.3) is 10.9 Å². The topological polar surface area (TPSA) is 90.5 Å². The fourth-order valence-electron chi connectivity index (χ4n) is 2.49. The van der Waals surface area contributed by atoms with Crippen LogP contribution in [0.4, 0.5) is 0 Å². The quantitative estimate of drug-likeness (QED) is 0.685. The Bertz CT molecular complexity index is 997. The van der Waals surface area contributed by atoms with E-state index in [1.54, 1.807) is 42.5 Å². The van der Waals surface area contributed by atoms with E-state index in [1.165, 1.54) is 7.11 Å². The van der Waals surface area contributed by atoms with Crippen molar-refractivity contribution >= 4 is 16.9 Å². The first-order valence-electron chi connectivity index (χ1n) is 8.08. The van der Waals surface area contributed by atoms with Crippen LogP contribution in [0.1, 0.15) is 23.1 Å². The Labute approximate surface area is 149 Å². The molecule has 0 aliphatic carbocycles. The zero-order valence-corrected chi connectivity index (χ0v) is 14.4. The number of aromatic nitrogens is 2. The lowest BCUT2D eigenvalue weighted by Gasteiger charge is -2.11. The number of carbonyl (C=O) groups excluding carboxylic acids is 1. The van der Waals surface area contributed by atoms with Gasteiger partial charge in [-0.15, -0.1) is 0 Å². The van der Waals surface area contributed by atoms with E-state index in [2.05, 4.69) is 9.97 Å². The molecule has 2 aromatic carbocycles. The van der Waals surface area contributed by atoms with Crippen LogP contribution in [0.15, 0.2) is 47.3 Å². The molecule has 0 atom stereocenters. The predicted octanol–water partition coefficient (Wildman–Crippen LogP) is 2.69. The second-order valence-electron chi connectivity index (χ2n) is 5.40. The highest BCUT2D eigenvalue weighted by atomic mass is 16.5. The van der Waals surface area contributed by atoms with Gasteiger partial charge in [0.1, 0.15) is 12.4 Å². The maximum atomic E-state index is 12.3. The standard InChI is InChI=1S/C19H18N2O5/c1-3-25-15-9-8-12(10-16(15)24-2)19(23)26-11-17-20-14-7-5-4-6-13(14)18(22)21-17/h4-10H,3,11H2,1-2H3,(H,20,21,22). The van der Waals surface area contributed by atoms with E-state index < -0.39 is 5.97 Å². The van der Waals surface area contributed by atoms with Gasteiger partial charge in [0.25, 0.3) is 5.56 Å². The van der Waals surface area contributed by atoms with Crippen molar-refractivity contribution in [3.63, 3.8) is 0 Å². The van der Waals surface area contributed by atoms with Gasteiger partial charge >= 0.3 is 5.97 Å². The lowest BCUT2D eigenvalue weighted by molar-refractivity contribution is 0.0462. The van der Waals surface area contributed by atoms with Gasteiger partial charge in [0.05, 0.1) is 30.2 Å². The summed E-state index contributed by atoms with van der Waals surface area (Å²) in [7, 11) is 1.50. The molecule has 0 saturated carbocycles. The van der Waals surface area contributed by atoms with E-state index in [4.69, 9.17) is 14.2 Å². The fraction of sp³-hybridized carbons (Fsp3) is 0.211. The molecule has 3 aromatic rings. The van der Waals surface area contributed by atoms with Crippen LogP contribution in [-0.2, 0) is 11.3 Å². The highest BCUT2D eigenvalue weighted by Crippen LogP contribution is 2.28. The van der Waals surface area contributed by atoms with E-state index in [9.17, 15) is 9.59 Å². The molecule has 3 rings (SSSR count). The molecule has 0 fully saturated rings. The smallest absolute Gasteiger partial charge is 0.338 e. The van der Waals surface area contributed by atoms with Gasteiger partial charge in [-0.25, -0.2) is 9.78 Å².